The summed E-state index contributed by atoms with van der Waals surface area (Å²) < 4.78 is 83.9. The summed E-state index contributed by atoms with van der Waals surface area (Å²) in [6, 6.07) is 16.4. The van der Waals surface area contributed by atoms with Crippen LogP contribution in [-0.4, -0.2) is 65.4 Å². The van der Waals surface area contributed by atoms with Crippen LogP contribution in [0.3, 0.4) is 0 Å². The van der Waals surface area contributed by atoms with E-state index in [1.807, 2.05) is 31.4 Å². The number of nitrogens with zero attached hydrogens (tertiary/aromatic N) is 2. The summed E-state index contributed by atoms with van der Waals surface area (Å²) in [6.07, 6.45) is -3.80. The highest BCUT2D eigenvalue weighted by atomic mass is 35.5. The molecule has 0 unspecified atom stereocenters. The highest BCUT2D eigenvalue weighted by molar-refractivity contribution is 7.92. The first-order chi connectivity index (χ1) is 20.7. The van der Waals surface area contributed by atoms with Gasteiger partial charge in [0.15, 0.2) is 0 Å². The third-order valence-corrected chi connectivity index (χ3v) is 9.66. The van der Waals surface area contributed by atoms with Crippen molar-refractivity contribution in [3.8, 4) is 11.5 Å². The van der Waals surface area contributed by atoms with Crippen molar-refractivity contribution < 1.29 is 35.8 Å². The predicted octanol–water partition coefficient (Wildman–Crippen LogP) is 7.59. The van der Waals surface area contributed by atoms with Crippen LogP contribution in [0, 0.1) is 0 Å². The highest BCUT2D eigenvalue weighted by Gasteiger charge is 2.33. The summed E-state index contributed by atoms with van der Waals surface area (Å²) in [4.78, 5) is 2.15. The average molecular weight is 669 g/mol. The van der Waals surface area contributed by atoms with E-state index >= 15 is 0 Å². The Morgan fingerprint density at radius 1 is 0.955 bits per heavy atom. The van der Waals surface area contributed by atoms with E-state index in [4.69, 9.17) is 21.1 Å². The zero-order valence-electron chi connectivity index (χ0n) is 24.4. The number of anilines is 2. The molecule has 1 saturated heterocycles. The first-order valence-corrected chi connectivity index (χ1v) is 16.9. The van der Waals surface area contributed by atoms with Gasteiger partial charge in [-0.05, 0) is 76.5 Å². The van der Waals surface area contributed by atoms with E-state index in [1.54, 1.807) is 47.7 Å². The van der Waals surface area contributed by atoms with Crippen LogP contribution in [0.4, 0.5) is 24.5 Å². The van der Waals surface area contributed by atoms with E-state index in [0.29, 0.717) is 42.3 Å². The largest absolute Gasteiger partial charge is 0.573 e. The van der Waals surface area contributed by atoms with Crippen molar-refractivity contribution in [3.63, 3.8) is 0 Å². The van der Waals surface area contributed by atoms with Crippen LogP contribution in [0.5, 0.6) is 11.5 Å². The van der Waals surface area contributed by atoms with Gasteiger partial charge in [0.1, 0.15) is 18.1 Å². The smallest absolute Gasteiger partial charge is 0.492 e. The van der Waals surface area contributed by atoms with Crippen molar-refractivity contribution >= 4 is 54.4 Å². The van der Waals surface area contributed by atoms with Crippen LogP contribution < -0.4 is 13.8 Å². The maximum Gasteiger partial charge on any atom is 0.573 e. The number of benzene rings is 3. The van der Waals surface area contributed by atoms with Crippen LogP contribution in [0.1, 0.15) is 25.0 Å². The summed E-state index contributed by atoms with van der Waals surface area (Å²) in [5, 5.41) is 3.09. The number of thiophene rings is 1. The Kier molecular flexibility index (Phi) is 9.39. The lowest BCUT2D eigenvalue weighted by Crippen LogP contribution is -2.38. The van der Waals surface area contributed by atoms with E-state index in [1.165, 1.54) is 16.4 Å². The van der Waals surface area contributed by atoms with Crippen molar-refractivity contribution in [1.29, 1.82) is 0 Å². The fourth-order valence-corrected chi connectivity index (χ4v) is 7.14. The molecular weight excluding hydrogens is 637 g/mol. The minimum Gasteiger partial charge on any atom is -0.492 e. The van der Waals surface area contributed by atoms with E-state index in [0.717, 1.165) is 29.4 Å². The molecule has 1 aliphatic rings. The van der Waals surface area contributed by atoms with Gasteiger partial charge in [0.05, 0.1) is 30.8 Å². The van der Waals surface area contributed by atoms with E-state index < -0.39 is 27.6 Å². The first-order valence-electron chi connectivity index (χ1n) is 13.8. The third kappa shape index (κ3) is 7.78. The molecule has 1 aromatic heterocycles. The van der Waals surface area contributed by atoms with Gasteiger partial charge in [-0.25, -0.2) is 12.7 Å². The highest BCUT2D eigenvalue weighted by Crippen LogP contribution is 2.41. The molecule has 236 valence electrons. The van der Waals surface area contributed by atoms with Gasteiger partial charge in [-0.15, -0.1) is 24.5 Å². The Labute approximate surface area is 263 Å². The Bertz CT molecular complexity index is 1740. The van der Waals surface area contributed by atoms with Gasteiger partial charge in [-0.1, -0.05) is 25.4 Å². The fraction of sp³-hybridized carbons (Fsp3) is 0.355. The summed E-state index contributed by atoms with van der Waals surface area (Å²) in [7, 11) is -3.82. The lowest BCUT2D eigenvalue weighted by molar-refractivity contribution is -0.274. The summed E-state index contributed by atoms with van der Waals surface area (Å²) >= 11 is 8.11. The number of ether oxygens (including phenoxy) is 3. The Hall–Kier alpha value is -3.03. The SMILES string of the molecule is CC(C)(c1cc(OCCN2CCOCC2)cc(OC(F)(F)F)c1)c1cc(Cl)cc(N(c2ccc3sccc3c2)S(C)(=O)=O)c1. The molecule has 3 aromatic carbocycles. The molecule has 5 rings (SSSR count). The second-order valence-corrected chi connectivity index (χ2v) is 14.3. The van der Waals surface area contributed by atoms with Crippen molar-refractivity contribution in [3.05, 3.63) is 82.2 Å². The molecule has 0 radical (unpaired) electrons. The van der Waals surface area contributed by atoms with Crippen molar-refractivity contribution in [2.45, 2.75) is 25.6 Å². The molecule has 0 spiro atoms. The molecule has 4 aromatic rings. The van der Waals surface area contributed by atoms with Gasteiger partial charge in [-0.2, -0.15) is 0 Å². The number of hydrogen-bond donors (Lipinski definition) is 0. The lowest BCUT2D eigenvalue weighted by Gasteiger charge is -2.30. The maximum atomic E-state index is 13.3. The van der Waals surface area contributed by atoms with Gasteiger partial charge < -0.3 is 14.2 Å². The molecule has 0 amide bonds. The van der Waals surface area contributed by atoms with Gasteiger partial charge in [0.2, 0.25) is 10.0 Å². The average Bonchev–Trinajstić information content (AvgIpc) is 3.40. The minimum atomic E-state index is -4.91. The fourth-order valence-electron chi connectivity index (χ4n) is 5.16. The number of halogens is 4. The van der Waals surface area contributed by atoms with E-state index in [9.17, 15) is 21.6 Å². The van der Waals surface area contributed by atoms with Gasteiger partial charge >= 0.3 is 6.36 Å². The molecule has 1 fully saturated rings. The Balaban J connectivity index is 1.51. The van der Waals surface area contributed by atoms with Gasteiger partial charge in [0.25, 0.3) is 0 Å². The van der Waals surface area contributed by atoms with Crippen LogP contribution in [0.25, 0.3) is 10.1 Å². The molecule has 44 heavy (non-hydrogen) atoms. The molecular formula is C31H32ClF3N2O5S2. The summed E-state index contributed by atoms with van der Waals surface area (Å²) in [5.41, 5.74) is 0.810. The standard InChI is InChI=1S/C31H32ClF3N2O5S2/c1-30(2,23-17-27(20-28(18-23)42-31(33,34)35)41-12-9-36-7-10-40-11-8-36)22-15-24(32)19-26(16-22)37(44(3,38)39)25-4-5-29-21(14-25)6-13-43-29/h4-6,13-20H,7-12H2,1-3H3. The minimum absolute atomic E-state index is 0.215. The second-order valence-electron chi connectivity index (χ2n) is 11.0. The van der Waals surface area contributed by atoms with Crippen LogP contribution >= 0.6 is 22.9 Å². The maximum absolute atomic E-state index is 13.3. The molecule has 0 N–H and O–H groups in total. The summed E-state index contributed by atoms with van der Waals surface area (Å²) in [6.45, 7) is 7.21. The number of rotatable bonds is 10. The number of fused-ring (bicyclic) bond motifs is 1. The second kappa shape index (κ2) is 12.8. The monoisotopic (exact) mass is 668 g/mol. The topological polar surface area (TPSA) is 68.3 Å². The normalized spacial score (nSPS) is 15.0. The molecule has 1 aliphatic heterocycles. The van der Waals surface area contributed by atoms with Crippen LogP contribution in [0.15, 0.2) is 66.0 Å². The number of sulfonamides is 1. The number of hydrogen-bond acceptors (Lipinski definition) is 7. The molecule has 7 nitrogen and oxygen atoms in total. The molecule has 0 atom stereocenters. The van der Waals surface area contributed by atoms with Crippen molar-refractivity contribution in [2.24, 2.45) is 0 Å². The van der Waals surface area contributed by atoms with E-state index in [-0.39, 0.29) is 17.4 Å². The Morgan fingerprint density at radius 2 is 1.66 bits per heavy atom. The van der Waals surface area contributed by atoms with Gasteiger partial charge in [-0.3, -0.25) is 4.90 Å². The molecule has 13 heteroatoms. The first kappa shape index (κ1) is 32.4. The number of morpholine rings is 1. The predicted molar refractivity (Wildman–Crippen MR) is 168 cm³/mol. The number of alkyl halides is 3. The third-order valence-electron chi connectivity index (χ3n) is 7.46. The van der Waals surface area contributed by atoms with Crippen LogP contribution in [0.2, 0.25) is 5.02 Å². The zero-order valence-corrected chi connectivity index (χ0v) is 26.7. The zero-order chi connectivity index (χ0) is 31.7. The van der Waals surface area contributed by atoms with Crippen molar-refractivity contribution in [2.75, 3.05) is 50.0 Å². The molecule has 0 aliphatic carbocycles. The van der Waals surface area contributed by atoms with E-state index in [2.05, 4.69) is 9.64 Å². The molecule has 0 saturated carbocycles. The van der Waals surface area contributed by atoms with Crippen LogP contribution in [-0.2, 0) is 20.2 Å². The lowest BCUT2D eigenvalue weighted by atomic mass is 9.78. The Morgan fingerprint density at radius 3 is 2.36 bits per heavy atom. The summed E-state index contributed by atoms with van der Waals surface area (Å²) in [5.74, 6) is -0.208. The molecule has 2 heterocycles. The van der Waals surface area contributed by atoms with Gasteiger partial charge in [0, 0.05) is 40.8 Å². The quantitative estimate of drug-likeness (QED) is 0.174. The molecule has 0 bridgehead atoms. The van der Waals surface area contributed by atoms with Crippen molar-refractivity contribution in [1.82, 2.24) is 4.90 Å².